The summed E-state index contributed by atoms with van der Waals surface area (Å²) in [6.45, 7) is 0. The molecule has 2 rings (SSSR count). The third-order valence-electron chi connectivity index (χ3n) is 2.52. The van der Waals surface area contributed by atoms with Crippen LogP contribution in [0.5, 0.6) is 0 Å². The molecule has 7 nitrogen and oxygen atoms in total. The lowest BCUT2D eigenvalue weighted by Crippen LogP contribution is -2.32. The molecule has 19 heavy (non-hydrogen) atoms. The second-order valence-corrected chi connectivity index (χ2v) is 3.96. The smallest absolute Gasteiger partial charge is 0.320 e. The van der Waals surface area contributed by atoms with Crippen molar-refractivity contribution in [1.82, 2.24) is 15.0 Å². The molecule has 0 aliphatic heterocycles. The van der Waals surface area contributed by atoms with Crippen molar-refractivity contribution in [1.29, 1.82) is 0 Å². The second-order valence-electron chi connectivity index (χ2n) is 3.96. The number of hydrogen-bond acceptors (Lipinski definition) is 5. The number of carboxylic acids is 1. The van der Waals surface area contributed by atoms with Crippen LogP contribution in [0.15, 0.2) is 36.5 Å². The highest BCUT2D eigenvalue weighted by molar-refractivity contribution is 5.96. The van der Waals surface area contributed by atoms with Gasteiger partial charge in [-0.3, -0.25) is 9.59 Å². The molecule has 2 aromatic rings. The summed E-state index contributed by atoms with van der Waals surface area (Å²) in [4.78, 5) is 22.3. The van der Waals surface area contributed by atoms with Crippen molar-refractivity contribution in [2.75, 3.05) is 0 Å². The monoisotopic (exact) mass is 260 g/mol. The molecule has 0 spiro atoms. The van der Waals surface area contributed by atoms with Gasteiger partial charge in [0.1, 0.15) is 11.7 Å². The van der Waals surface area contributed by atoms with Crippen LogP contribution in [0.2, 0.25) is 0 Å². The first-order valence-corrected chi connectivity index (χ1v) is 5.57. The predicted molar refractivity (Wildman–Crippen MR) is 65.9 cm³/mol. The fourth-order valence-electron chi connectivity index (χ4n) is 1.49. The van der Waals surface area contributed by atoms with Crippen LogP contribution in [0.25, 0.3) is 5.69 Å². The number of hydrogen-bond donors (Lipinski definition) is 2. The minimum Gasteiger partial charge on any atom is -0.480 e. The average Bonchev–Trinajstić information content (AvgIpc) is 2.89. The first kappa shape index (κ1) is 12.9. The molecule has 3 N–H and O–H groups in total. The zero-order chi connectivity index (χ0) is 13.8. The van der Waals surface area contributed by atoms with E-state index in [4.69, 9.17) is 10.8 Å². The molecule has 1 heterocycles. The number of carbonyl (C=O) groups excluding carboxylic acids is 1. The number of carbonyl (C=O) groups is 2. The van der Waals surface area contributed by atoms with Crippen molar-refractivity contribution < 1.29 is 14.7 Å². The number of benzene rings is 1. The summed E-state index contributed by atoms with van der Waals surface area (Å²) < 4.78 is 1.44. The maximum Gasteiger partial charge on any atom is 0.320 e. The molecule has 0 bridgehead atoms. The lowest BCUT2D eigenvalue weighted by atomic mass is 10.1. The van der Waals surface area contributed by atoms with Crippen LogP contribution in [0.1, 0.15) is 16.9 Å². The van der Waals surface area contributed by atoms with E-state index in [1.165, 1.54) is 10.9 Å². The van der Waals surface area contributed by atoms with E-state index in [1.54, 1.807) is 0 Å². The minimum atomic E-state index is -1.23. The SMILES string of the molecule is N[C@@H](CC(=O)c1cn(-c2ccccc2)nn1)C(=O)O. The van der Waals surface area contributed by atoms with Crippen LogP contribution in [0.4, 0.5) is 0 Å². The Labute approximate surface area is 108 Å². The number of aromatic nitrogens is 3. The summed E-state index contributed by atoms with van der Waals surface area (Å²) in [7, 11) is 0. The predicted octanol–water partition coefficient (Wildman–Crippen LogP) is 0.252. The Kier molecular flexibility index (Phi) is 3.67. The number of carboxylic acid groups (broad SMARTS) is 1. The number of ketones is 1. The highest BCUT2D eigenvalue weighted by Gasteiger charge is 2.19. The summed E-state index contributed by atoms with van der Waals surface area (Å²) in [5.74, 6) is -1.67. The minimum absolute atomic E-state index is 0.0977. The topological polar surface area (TPSA) is 111 Å². The van der Waals surface area contributed by atoms with Crippen LogP contribution in [0.3, 0.4) is 0 Å². The number of aliphatic carboxylic acids is 1. The molecule has 1 aromatic carbocycles. The highest BCUT2D eigenvalue weighted by atomic mass is 16.4. The molecule has 7 heteroatoms. The Bertz CT molecular complexity index is 594. The summed E-state index contributed by atoms with van der Waals surface area (Å²) in [6.07, 6.45) is 1.15. The summed E-state index contributed by atoms with van der Waals surface area (Å²) in [5, 5.41) is 16.2. The van der Waals surface area contributed by atoms with Gasteiger partial charge in [0.05, 0.1) is 11.9 Å². The Morgan fingerprint density at radius 3 is 2.63 bits per heavy atom. The molecule has 1 aromatic heterocycles. The fraction of sp³-hybridized carbons (Fsp3) is 0.167. The second kappa shape index (κ2) is 5.40. The first-order chi connectivity index (χ1) is 9.08. The number of nitrogens with two attached hydrogens (primary N) is 1. The van der Waals surface area contributed by atoms with Gasteiger partial charge in [-0.2, -0.15) is 0 Å². The van der Waals surface area contributed by atoms with Crippen molar-refractivity contribution >= 4 is 11.8 Å². The maximum atomic E-state index is 11.7. The molecule has 0 unspecified atom stereocenters. The van der Waals surface area contributed by atoms with E-state index in [0.29, 0.717) is 0 Å². The van der Waals surface area contributed by atoms with Gasteiger partial charge < -0.3 is 10.8 Å². The molecule has 0 saturated heterocycles. The van der Waals surface area contributed by atoms with Gasteiger partial charge in [-0.25, -0.2) is 4.68 Å². The lowest BCUT2D eigenvalue weighted by Gasteiger charge is -2.02. The average molecular weight is 260 g/mol. The van der Waals surface area contributed by atoms with Crippen molar-refractivity contribution in [2.45, 2.75) is 12.5 Å². The van der Waals surface area contributed by atoms with E-state index in [2.05, 4.69) is 10.3 Å². The van der Waals surface area contributed by atoms with Crippen LogP contribution >= 0.6 is 0 Å². The molecule has 0 radical (unpaired) electrons. The van der Waals surface area contributed by atoms with Gasteiger partial charge in [0, 0.05) is 6.42 Å². The van der Waals surface area contributed by atoms with E-state index < -0.39 is 17.8 Å². The zero-order valence-electron chi connectivity index (χ0n) is 9.93. The van der Waals surface area contributed by atoms with Crippen molar-refractivity contribution in [3.05, 3.63) is 42.2 Å². The van der Waals surface area contributed by atoms with Crippen molar-refractivity contribution in [3.8, 4) is 5.69 Å². The molecular weight excluding hydrogens is 248 g/mol. The van der Waals surface area contributed by atoms with Gasteiger partial charge in [-0.1, -0.05) is 23.4 Å². The quantitative estimate of drug-likeness (QED) is 0.745. The third kappa shape index (κ3) is 3.02. The number of rotatable bonds is 5. The highest BCUT2D eigenvalue weighted by Crippen LogP contribution is 2.07. The molecule has 98 valence electrons. The fourth-order valence-corrected chi connectivity index (χ4v) is 1.49. The zero-order valence-corrected chi connectivity index (χ0v) is 9.93. The Morgan fingerprint density at radius 2 is 2.00 bits per heavy atom. The van der Waals surface area contributed by atoms with Gasteiger partial charge in [0.25, 0.3) is 0 Å². The van der Waals surface area contributed by atoms with Crippen LogP contribution in [0, 0.1) is 0 Å². The number of Topliss-reactive ketones (excluding diaryl/α,β-unsaturated/α-hetero) is 1. The van der Waals surface area contributed by atoms with E-state index in [-0.39, 0.29) is 12.1 Å². The number of para-hydroxylation sites is 1. The molecule has 0 fully saturated rings. The van der Waals surface area contributed by atoms with Gasteiger partial charge in [-0.05, 0) is 12.1 Å². The van der Waals surface area contributed by atoms with E-state index in [1.807, 2.05) is 30.3 Å². The first-order valence-electron chi connectivity index (χ1n) is 5.57. The van der Waals surface area contributed by atoms with Gasteiger partial charge in [0.2, 0.25) is 0 Å². The van der Waals surface area contributed by atoms with Crippen molar-refractivity contribution in [2.24, 2.45) is 5.73 Å². The molecule has 0 aliphatic carbocycles. The molecule has 0 amide bonds. The summed E-state index contributed by atoms with van der Waals surface area (Å²) >= 11 is 0. The Morgan fingerprint density at radius 1 is 1.32 bits per heavy atom. The van der Waals surface area contributed by atoms with Crippen LogP contribution in [-0.4, -0.2) is 37.9 Å². The Hall–Kier alpha value is -2.54. The molecular formula is C12H12N4O3. The lowest BCUT2D eigenvalue weighted by molar-refractivity contribution is -0.138. The van der Waals surface area contributed by atoms with Crippen LogP contribution in [-0.2, 0) is 4.79 Å². The van der Waals surface area contributed by atoms with Gasteiger partial charge >= 0.3 is 5.97 Å². The van der Waals surface area contributed by atoms with Gasteiger partial charge in [0.15, 0.2) is 5.78 Å². The summed E-state index contributed by atoms with van der Waals surface area (Å²) in [6, 6.07) is 7.92. The molecule has 1 atom stereocenters. The van der Waals surface area contributed by atoms with Crippen molar-refractivity contribution in [3.63, 3.8) is 0 Å². The molecule has 0 saturated carbocycles. The summed E-state index contributed by atoms with van der Waals surface area (Å²) in [5.41, 5.74) is 6.16. The van der Waals surface area contributed by atoms with E-state index >= 15 is 0 Å². The largest absolute Gasteiger partial charge is 0.480 e. The van der Waals surface area contributed by atoms with E-state index in [9.17, 15) is 9.59 Å². The van der Waals surface area contributed by atoms with Crippen LogP contribution < -0.4 is 5.73 Å². The standard InChI is InChI=1S/C12H12N4O3/c13-9(12(18)19)6-11(17)10-7-16(15-14-10)8-4-2-1-3-5-8/h1-5,7,9H,6,13H2,(H,18,19)/t9-/m0/s1. The Balaban J connectivity index is 2.13. The number of nitrogens with zero attached hydrogens (tertiary/aromatic N) is 3. The third-order valence-corrected chi connectivity index (χ3v) is 2.52. The normalized spacial score (nSPS) is 12.1. The van der Waals surface area contributed by atoms with Gasteiger partial charge in [-0.15, -0.1) is 5.10 Å². The van der Waals surface area contributed by atoms with E-state index in [0.717, 1.165) is 5.69 Å². The maximum absolute atomic E-state index is 11.7. The molecule has 0 aliphatic rings.